The Hall–Kier alpha value is -1.47. The Morgan fingerprint density at radius 2 is 2.10 bits per heavy atom. The summed E-state index contributed by atoms with van der Waals surface area (Å²) in [6.45, 7) is 3.11. The molecule has 1 unspecified atom stereocenters. The number of benzene rings is 1. The van der Waals surface area contributed by atoms with Crippen molar-refractivity contribution in [3.63, 3.8) is 0 Å². The first-order chi connectivity index (χ1) is 9.70. The van der Waals surface area contributed by atoms with E-state index in [9.17, 15) is 17.6 Å². The second-order valence-electron chi connectivity index (χ2n) is 5.61. The third kappa shape index (κ3) is 3.79. The molecule has 1 fully saturated rings. The van der Waals surface area contributed by atoms with Crippen LogP contribution in [0.15, 0.2) is 17.0 Å². The van der Waals surface area contributed by atoms with Crippen LogP contribution in [0, 0.1) is 18.7 Å². The molecule has 2 N–H and O–H groups in total. The van der Waals surface area contributed by atoms with Crippen LogP contribution in [0.4, 0.5) is 4.39 Å². The molecule has 116 valence electrons. The highest BCUT2D eigenvalue weighted by Crippen LogP contribution is 2.33. The maximum Gasteiger partial charge on any atom is 0.338 e. The molecule has 1 aromatic carbocycles. The van der Waals surface area contributed by atoms with Crippen LogP contribution in [0.1, 0.15) is 42.1 Å². The van der Waals surface area contributed by atoms with Gasteiger partial charge in [-0.25, -0.2) is 22.3 Å². The normalized spacial score (nSPS) is 16.7. The summed E-state index contributed by atoms with van der Waals surface area (Å²) >= 11 is 0. The standard InChI is InChI=1S/C14H18FNO4S/c1-8-5-11(7-12(13(8)15)14(17)18)21(19,20)16-9(2)6-10-3-4-10/h5,7,9-10,16H,3-4,6H2,1-2H3,(H,17,18). The highest BCUT2D eigenvalue weighted by Gasteiger charge is 2.27. The maximum atomic E-state index is 13.7. The third-order valence-corrected chi connectivity index (χ3v) is 5.08. The van der Waals surface area contributed by atoms with E-state index in [2.05, 4.69) is 4.72 Å². The van der Waals surface area contributed by atoms with Gasteiger partial charge in [0.1, 0.15) is 5.82 Å². The number of carbonyl (C=O) groups is 1. The van der Waals surface area contributed by atoms with Gasteiger partial charge in [-0.15, -0.1) is 0 Å². The smallest absolute Gasteiger partial charge is 0.338 e. The molecule has 1 aliphatic rings. The minimum atomic E-state index is -3.85. The lowest BCUT2D eigenvalue weighted by Gasteiger charge is -2.15. The van der Waals surface area contributed by atoms with E-state index < -0.39 is 27.4 Å². The maximum absolute atomic E-state index is 13.7. The Kier molecular flexibility index (Phi) is 4.34. The number of carboxylic acids is 1. The summed E-state index contributed by atoms with van der Waals surface area (Å²) in [5, 5.41) is 8.93. The molecule has 5 nitrogen and oxygen atoms in total. The second kappa shape index (κ2) is 5.73. The van der Waals surface area contributed by atoms with E-state index in [0.717, 1.165) is 31.4 Å². The first kappa shape index (κ1) is 15.9. The average molecular weight is 315 g/mol. The SMILES string of the molecule is Cc1cc(S(=O)(=O)NC(C)CC2CC2)cc(C(=O)O)c1F. The number of hydrogen-bond donors (Lipinski definition) is 2. The number of aryl methyl sites for hydroxylation is 1. The number of nitrogens with one attached hydrogen (secondary N) is 1. The molecule has 1 aliphatic carbocycles. The van der Waals surface area contributed by atoms with Crippen molar-refractivity contribution in [1.82, 2.24) is 4.72 Å². The molecule has 0 aliphatic heterocycles. The fourth-order valence-corrected chi connectivity index (χ4v) is 3.65. The van der Waals surface area contributed by atoms with Gasteiger partial charge < -0.3 is 5.11 Å². The van der Waals surface area contributed by atoms with E-state index in [-0.39, 0.29) is 16.5 Å². The molecule has 0 radical (unpaired) electrons. The summed E-state index contributed by atoms with van der Waals surface area (Å²) in [5.74, 6) is -1.83. The van der Waals surface area contributed by atoms with E-state index in [1.807, 2.05) is 0 Å². The predicted octanol–water partition coefficient (Wildman–Crippen LogP) is 2.30. The molecule has 0 heterocycles. The lowest BCUT2D eigenvalue weighted by molar-refractivity contribution is 0.0691. The zero-order chi connectivity index (χ0) is 15.8. The first-order valence-electron chi connectivity index (χ1n) is 6.76. The minimum absolute atomic E-state index is 0.00915. The Balaban J connectivity index is 2.28. The Labute approximate surface area is 123 Å². The monoisotopic (exact) mass is 315 g/mol. The van der Waals surface area contributed by atoms with Crippen molar-refractivity contribution in [1.29, 1.82) is 0 Å². The summed E-state index contributed by atoms with van der Waals surface area (Å²) in [5.41, 5.74) is -0.643. The zero-order valence-electron chi connectivity index (χ0n) is 11.9. The molecule has 7 heteroatoms. The Morgan fingerprint density at radius 1 is 1.48 bits per heavy atom. The van der Waals surface area contributed by atoms with Gasteiger partial charge >= 0.3 is 5.97 Å². The lowest BCUT2D eigenvalue weighted by Crippen LogP contribution is -2.33. The van der Waals surface area contributed by atoms with Gasteiger partial charge in [-0.1, -0.05) is 12.8 Å². The number of halogens is 1. The molecule has 2 rings (SSSR count). The summed E-state index contributed by atoms with van der Waals surface area (Å²) in [4.78, 5) is 10.8. The van der Waals surface area contributed by atoms with Gasteiger partial charge in [-0.2, -0.15) is 0 Å². The number of carboxylic acid groups (broad SMARTS) is 1. The van der Waals surface area contributed by atoms with Crippen molar-refractivity contribution >= 4 is 16.0 Å². The third-order valence-electron chi connectivity index (χ3n) is 3.51. The molecule has 1 atom stereocenters. The van der Waals surface area contributed by atoms with Crippen molar-refractivity contribution < 1.29 is 22.7 Å². The van der Waals surface area contributed by atoms with Gasteiger partial charge in [0.25, 0.3) is 0 Å². The quantitative estimate of drug-likeness (QED) is 0.843. The van der Waals surface area contributed by atoms with Crippen LogP contribution < -0.4 is 4.72 Å². The van der Waals surface area contributed by atoms with Gasteiger partial charge in [-0.05, 0) is 43.9 Å². The molecule has 0 bridgehead atoms. The van der Waals surface area contributed by atoms with E-state index in [4.69, 9.17) is 5.11 Å². The molecule has 0 aromatic heterocycles. The second-order valence-corrected chi connectivity index (χ2v) is 7.32. The molecule has 0 spiro atoms. The summed E-state index contributed by atoms with van der Waals surface area (Å²) in [7, 11) is -3.85. The van der Waals surface area contributed by atoms with Crippen LogP contribution in [0.25, 0.3) is 0 Å². The van der Waals surface area contributed by atoms with Crippen LogP contribution >= 0.6 is 0 Å². The van der Waals surface area contributed by atoms with E-state index in [1.54, 1.807) is 6.92 Å². The summed E-state index contributed by atoms with van der Waals surface area (Å²) < 4.78 is 40.7. The number of rotatable bonds is 6. The molecular formula is C14H18FNO4S. The van der Waals surface area contributed by atoms with Gasteiger partial charge in [0.05, 0.1) is 10.5 Å². The van der Waals surface area contributed by atoms with Gasteiger partial charge in [0.15, 0.2) is 0 Å². The van der Waals surface area contributed by atoms with Gasteiger partial charge in [-0.3, -0.25) is 0 Å². The molecule has 1 saturated carbocycles. The predicted molar refractivity (Wildman–Crippen MR) is 75.2 cm³/mol. The van der Waals surface area contributed by atoms with Crippen molar-refractivity contribution in [3.8, 4) is 0 Å². The lowest BCUT2D eigenvalue weighted by atomic mass is 10.1. The van der Waals surface area contributed by atoms with E-state index in [0.29, 0.717) is 5.92 Å². The fraction of sp³-hybridized carbons (Fsp3) is 0.500. The van der Waals surface area contributed by atoms with Crippen molar-refractivity contribution in [2.24, 2.45) is 5.92 Å². The highest BCUT2D eigenvalue weighted by atomic mass is 32.2. The van der Waals surface area contributed by atoms with E-state index in [1.165, 1.54) is 6.92 Å². The molecule has 21 heavy (non-hydrogen) atoms. The first-order valence-corrected chi connectivity index (χ1v) is 8.25. The zero-order valence-corrected chi connectivity index (χ0v) is 12.7. The summed E-state index contributed by atoms with van der Waals surface area (Å²) in [6, 6.07) is 1.77. The molecular weight excluding hydrogens is 297 g/mol. The molecule has 1 aromatic rings. The van der Waals surface area contributed by atoms with Crippen LogP contribution in [-0.4, -0.2) is 25.5 Å². The fourth-order valence-electron chi connectivity index (χ4n) is 2.28. The van der Waals surface area contributed by atoms with E-state index >= 15 is 0 Å². The highest BCUT2D eigenvalue weighted by molar-refractivity contribution is 7.89. The Morgan fingerprint density at radius 3 is 2.62 bits per heavy atom. The minimum Gasteiger partial charge on any atom is -0.478 e. The van der Waals surface area contributed by atoms with Crippen LogP contribution in [0.5, 0.6) is 0 Å². The number of sulfonamides is 1. The number of hydrogen-bond acceptors (Lipinski definition) is 3. The van der Waals surface area contributed by atoms with Gasteiger partial charge in [0.2, 0.25) is 10.0 Å². The average Bonchev–Trinajstić information content (AvgIpc) is 3.14. The van der Waals surface area contributed by atoms with Crippen LogP contribution in [0.3, 0.4) is 0 Å². The molecule has 0 amide bonds. The molecule has 0 saturated heterocycles. The van der Waals surface area contributed by atoms with Crippen molar-refractivity contribution in [3.05, 3.63) is 29.1 Å². The summed E-state index contributed by atoms with van der Waals surface area (Å²) in [6.07, 6.45) is 2.99. The van der Waals surface area contributed by atoms with Crippen molar-refractivity contribution in [2.45, 2.75) is 44.0 Å². The van der Waals surface area contributed by atoms with Crippen molar-refractivity contribution in [2.75, 3.05) is 0 Å². The largest absolute Gasteiger partial charge is 0.478 e. The van der Waals surface area contributed by atoms with Crippen LogP contribution in [0.2, 0.25) is 0 Å². The topological polar surface area (TPSA) is 83.5 Å². The van der Waals surface area contributed by atoms with Gasteiger partial charge in [0, 0.05) is 6.04 Å². The number of aromatic carboxylic acids is 1. The van der Waals surface area contributed by atoms with Crippen LogP contribution in [-0.2, 0) is 10.0 Å². The Bertz CT molecular complexity index is 668.